The highest BCUT2D eigenvalue weighted by Gasteiger charge is 2.47. The molecule has 1 aromatic rings. The van der Waals surface area contributed by atoms with E-state index < -0.39 is 6.10 Å². The summed E-state index contributed by atoms with van der Waals surface area (Å²) in [5, 5.41) is 10.4. The smallest absolute Gasteiger partial charge is 0.128 e. The van der Waals surface area contributed by atoms with E-state index in [2.05, 4.69) is 4.90 Å². The Kier molecular flexibility index (Phi) is 2.79. The summed E-state index contributed by atoms with van der Waals surface area (Å²) < 4.78 is 19.6. The number of aliphatic hydroxyl groups excluding tert-OH is 1. The molecule has 0 radical (unpaired) electrons. The number of aliphatic hydroxyl groups is 1. The molecule has 0 aliphatic carbocycles. The van der Waals surface area contributed by atoms with E-state index in [1.54, 1.807) is 6.07 Å². The largest absolute Gasteiger partial charge is 0.487 e. The zero-order chi connectivity index (χ0) is 13.7. The summed E-state index contributed by atoms with van der Waals surface area (Å²) in [6.07, 6.45) is 4.46. The summed E-state index contributed by atoms with van der Waals surface area (Å²) in [5.41, 5.74) is 0.428. The first kappa shape index (κ1) is 12.6. The molecule has 0 amide bonds. The van der Waals surface area contributed by atoms with Crippen LogP contribution in [0.4, 0.5) is 4.39 Å². The lowest BCUT2D eigenvalue weighted by Gasteiger charge is -2.47. The van der Waals surface area contributed by atoms with Crippen LogP contribution in [-0.2, 0) is 0 Å². The molecule has 4 rings (SSSR count). The highest BCUT2D eigenvalue weighted by molar-refractivity contribution is 5.38. The van der Waals surface area contributed by atoms with Gasteiger partial charge < -0.3 is 14.7 Å². The van der Waals surface area contributed by atoms with Gasteiger partial charge in [0.05, 0.1) is 6.10 Å². The van der Waals surface area contributed by atoms with Crippen LogP contribution in [0.15, 0.2) is 18.2 Å². The van der Waals surface area contributed by atoms with Gasteiger partial charge in [-0.2, -0.15) is 0 Å². The SMILES string of the molecule is OC1CC2(CCN3CCCC3C2)Oc2cc(F)ccc21. The maximum atomic E-state index is 13.4. The maximum Gasteiger partial charge on any atom is 0.128 e. The van der Waals surface area contributed by atoms with Crippen LogP contribution in [0.3, 0.4) is 0 Å². The van der Waals surface area contributed by atoms with Crippen molar-refractivity contribution in [1.29, 1.82) is 0 Å². The molecule has 108 valence electrons. The van der Waals surface area contributed by atoms with Gasteiger partial charge in [0.15, 0.2) is 0 Å². The van der Waals surface area contributed by atoms with E-state index in [0.29, 0.717) is 18.2 Å². The van der Waals surface area contributed by atoms with Gasteiger partial charge in [-0.1, -0.05) is 0 Å². The van der Waals surface area contributed by atoms with Crippen LogP contribution in [0, 0.1) is 5.82 Å². The zero-order valence-corrected chi connectivity index (χ0v) is 11.5. The first-order valence-corrected chi connectivity index (χ1v) is 7.56. The first-order valence-electron chi connectivity index (χ1n) is 7.56. The number of nitrogens with zero attached hydrogens (tertiary/aromatic N) is 1. The van der Waals surface area contributed by atoms with Gasteiger partial charge in [0.2, 0.25) is 0 Å². The molecule has 0 saturated carbocycles. The number of piperidine rings is 1. The zero-order valence-electron chi connectivity index (χ0n) is 11.5. The van der Waals surface area contributed by atoms with Crippen molar-refractivity contribution < 1.29 is 14.2 Å². The van der Waals surface area contributed by atoms with Crippen molar-refractivity contribution in [2.45, 2.75) is 49.9 Å². The Morgan fingerprint density at radius 3 is 3.10 bits per heavy atom. The van der Waals surface area contributed by atoms with Gasteiger partial charge in [-0.25, -0.2) is 4.39 Å². The molecule has 3 atom stereocenters. The number of benzene rings is 1. The molecule has 3 aliphatic rings. The van der Waals surface area contributed by atoms with Gasteiger partial charge in [-0.05, 0) is 37.9 Å². The Labute approximate surface area is 118 Å². The lowest BCUT2D eigenvalue weighted by molar-refractivity contribution is -0.0647. The van der Waals surface area contributed by atoms with Crippen molar-refractivity contribution in [1.82, 2.24) is 4.90 Å². The van der Waals surface area contributed by atoms with Crippen molar-refractivity contribution >= 4 is 0 Å². The summed E-state index contributed by atoms with van der Waals surface area (Å²) in [5.74, 6) is 0.237. The minimum atomic E-state index is -0.535. The molecule has 2 fully saturated rings. The molecular weight excluding hydrogens is 257 g/mol. The van der Waals surface area contributed by atoms with Gasteiger partial charge in [0.1, 0.15) is 17.2 Å². The van der Waals surface area contributed by atoms with Gasteiger partial charge in [0.25, 0.3) is 0 Å². The first-order chi connectivity index (χ1) is 9.65. The summed E-state index contributed by atoms with van der Waals surface area (Å²) >= 11 is 0. The van der Waals surface area contributed by atoms with E-state index >= 15 is 0 Å². The normalized spacial score (nSPS) is 36.5. The standard InChI is InChI=1S/C16H20FNO2/c17-11-3-4-13-14(19)10-16(20-15(13)8-11)5-7-18-6-1-2-12(18)9-16/h3-4,8,12,14,19H,1-2,5-7,9-10H2. The fourth-order valence-corrected chi connectivity index (χ4v) is 4.19. The Morgan fingerprint density at radius 2 is 2.20 bits per heavy atom. The van der Waals surface area contributed by atoms with Crippen molar-refractivity contribution in [2.24, 2.45) is 0 Å². The third-order valence-corrected chi connectivity index (χ3v) is 5.19. The van der Waals surface area contributed by atoms with Gasteiger partial charge in [0, 0.05) is 37.1 Å². The van der Waals surface area contributed by atoms with E-state index in [1.165, 1.54) is 31.5 Å². The second-order valence-corrected chi connectivity index (χ2v) is 6.47. The van der Waals surface area contributed by atoms with E-state index in [0.717, 1.165) is 24.9 Å². The van der Waals surface area contributed by atoms with Gasteiger partial charge >= 0.3 is 0 Å². The average Bonchev–Trinajstić information content (AvgIpc) is 2.85. The molecule has 20 heavy (non-hydrogen) atoms. The quantitative estimate of drug-likeness (QED) is 0.791. The van der Waals surface area contributed by atoms with Crippen LogP contribution >= 0.6 is 0 Å². The minimum Gasteiger partial charge on any atom is -0.487 e. The van der Waals surface area contributed by atoms with Crippen molar-refractivity contribution in [3.05, 3.63) is 29.6 Å². The number of fused-ring (bicyclic) bond motifs is 2. The van der Waals surface area contributed by atoms with Gasteiger partial charge in [-0.3, -0.25) is 0 Å². The summed E-state index contributed by atoms with van der Waals surface area (Å²) in [4.78, 5) is 2.53. The third kappa shape index (κ3) is 1.93. The summed E-state index contributed by atoms with van der Waals surface area (Å²) in [6, 6.07) is 5.03. The van der Waals surface area contributed by atoms with Crippen LogP contribution in [0.25, 0.3) is 0 Å². The number of ether oxygens (including phenoxy) is 1. The Balaban J connectivity index is 1.64. The Morgan fingerprint density at radius 1 is 1.30 bits per heavy atom. The Bertz CT molecular complexity index is 535. The van der Waals surface area contributed by atoms with E-state index in [4.69, 9.17) is 4.74 Å². The van der Waals surface area contributed by atoms with Crippen LogP contribution < -0.4 is 4.74 Å². The van der Waals surface area contributed by atoms with Crippen LogP contribution in [-0.4, -0.2) is 34.7 Å². The van der Waals surface area contributed by atoms with E-state index in [9.17, 15) is 9.50 Å². The lowest BCUT2D eigenvalue weighted by atomic mass is 9.79. The topological polar surface area (TPSA) is 32.7 Å². The number of hydrogen-bond acceptors (Lipinski definition) is 3. The molecule has 3 aliphatic heterocycles. The van der Waals surface area contributed by atoms with Gasteiger partial charge in [-0.15, -0.1) is 0 Å². The highest BCUT2D eigenvalue weighted by Crippen LogP contribution is 2.46. The third-order valence-electron chi connectivity index (χ3n) is 5.19. The van der Waals surface area contributed by atoms with Crippen molar-refractivity contribution in [2.75, 3.05) is 13.1 Å². The van der Waals surface area contributed by atoms with E-state index in [-0.39, 0.29) is 11.4 Å². The highest BCUT2D eigenvalue weighted by atomic mass is 19.1. The molecule has 1 N–H and O–H groups in total. The van der Waals surface area contributed by atoms with E-state index in [1.807, 2.05) is 0 Å². The molecule has 0 aromatic heterocycles. The average molecular weight is 277 g/mol. The molecular formula is C16H20FNO2. The monoisotopic (exact) mass is 277 g/mol. The molecule has 4 heteroatoms. The molecule has 3 nitrogen and oxygen atoms in total. The predicted molar refractivity (Wildman–Crippen MR) is 73.2 cm³/mol. The predicted octanol–water partition coefficient (Wildman–Crippen LogP) is 2.64. The lowest BCUT2D eigenvalue weighted by Crippen LogP contribution is -2.52. The van der Waals surface area contributed by atoms with Crippen LogP contribution in [0.2, 0.25) is 0 Å². The Hall–Kier alpha value is -1.13. The molecule has 1 spiro atoms. The maximum absolute atomic E-state index is 13.4. The fourth-order valence-electron chi connectivity index (χ4n) is 4.19. The molecule has 3 unspecified atom stereocenters. The number of hydrogen-bond donors (Lipinski definition) is 1. The van der Waals surface area contributed by atoms with Crippen molar-refractivity contribution in [3.63, 3.8) is 0 Å². The molecule has 3 heterocycles. The van der Waals surface area contributed by atoms with Crippen LogP contribution in [0.1, 0.15) is 43.8 Å². The molecule has 2 saturated heterocycles. The number of rotatable bonds is 0. The fraction of sp³-hybridized carbons (Fsp3) is 0.625. The van der Waals surface area contributed by atoms with Crippen molar-refractivity contribution in [3.8, 4) is 5.75 Å². The molecule has 0 bridgehead atoms. The summed E-state index contributed by atoms with van der Waals surface area (Å²) in [7, 11) is 0. The minimum absolute atomic E-state index is 0.300. The molecule has 1 aromatic carbocycles. The van der Waals surface area contributed by atoms with Crippen LogP contribution in [0.5, 0.6) is 5.75 Å². The number of halogens is 1. The second-order valence-electron chi connectivity index (χ2n) is 6.47. The second kappa shape index (κ2) is 4.43. The summed E-state index contributed by atoms with van der Waals surface area (Å²) in [6.45, 7) is 2.22.